The maximum absolute atomic E-state index is 12.7. The highest BCUT2D eigenvalue weighted by molar-refractivity contribution is 7.16. The number of carbonyl (C=O) groups is 1. The van der Waals surface area contributed by atoms with E-state index in [0.29, 0.717) is 12.1 Å². The number of hydrogen-bond acceptors (Lipinski definition) is 3. The predicted molar refractivity (Wildman–Crippen MR) is 115 cm³/mol. The number of nitriles is 1. The Balaban J connectivity index is 1.29. The van der Waals surface area contributed by atoms with Gasteiger partial charge < -0.3 is 15.1 Å². The summed E-state index contributed by atoms with van der Waals surface area (Å²) in [5, 5.41) is 13.5. The van der Waals surface area contributed by atoms with Crippen LogP contribution in [0.3, 0.4) is 0 Å². The fourth-order valence-electron chi connectivity index (χ4n) is 4.54. The maximum Gasteiger partial charge on any atom is 0.280 e. The van der Waals surface area contributed by atoms with Crippen molar-refractivity contribution in [3.63, 3.8) is 0 Å². The monoisotopic (exact) mass is 410 g/mol. The zero-order valence-corrected chi connectivity index (χ0v) is 17.7. The third-order valence-corrected chi connectivity index (χ3v) is 7.37. The van der Waals surface area contributed by atoms with Crippen molar-refractivity contribution in [3.8, 4) is 6.07 Å². The molecule has 1 aliphatic heterocycles. The molecule has 0 bridgehead atoms. The van der Waals surface area contributed by atoms with E-state index in [1.54, 1.807) is 16.2 Å². The van der Waals surface area contributed by atoms with Gasteiger partial charge in [-0.25, -0.2) is 0 Å². The fourth-order valence-corrected chi connectivity index (χ4v) is 5.80. The van der Waals surface area contributed by atoms with Crippen LogP contribution in [0.2, 0.25) is 0 Å². The number of fused-ring (bicyclic) bond motifs is 1. The molecule has 3 N–H and O–H groups in total. The van der Waals surface area contributed by atoms with Gasteiger partial charge in [0, 0.05) is 10.4 Å². The molecule has 1 fully saturated rings. The lowest BCUT2D eigenvalue weighted by Gasteiger charge is -2.29. The number of aryl methyl sites for hydroxylation is 1. The van der Waals surface area contributed by atoms with Crippen LogP contribution in [-0.2, 0) is 24.2 Å². The van der Waals surface area contributed by atoms with Crippen molar-refractivity contribution in [1.82, 2.24) is 0 Å². The number of benzene rings is 1. The summed E-state index contributed by atoms with van der Waals surface area (Å²) in [6.45, 7) is 5.77. The van der Waals surface area contributed by atoms with E-state index in [2.05, 4.69) is 41.7 Å². The lowest BCUT2D eigenvalue weighted by Crippen LogP contribution is -3.28. The van der Waals surface area contributed by atoms with Crippen molar-refractivity contribution in [3.05, 3.63) is 51.9 Å². The summed E-state index contributed by atoms with van der Waals surface area (Å²) in [4.78, 5) is 16.9. The van der Waals surface area contributed by atoms with Crippen LogP contribution in [0, 0.1) is 11.3 Å². The van der Waals surface area contributed by atoms with E-state index in [0.717, 1.165) is 57.0 Å². The topological polar surface area (TPSA) is 61.8 Å². The van der Waals surface area contributed by atoms with Gasteiger partial charge in [0.1, 0.15) is 43.8 Å². The second kappa shape index (κ2) is 9.53. The Kier molecular flexibility index (Phi) is 6.60. The van der Waals surface area contributed by atoms with Gasteiger partial charge in [-0.2, -0.15) is 5.26 Å². The zero-order chi connectivity index (χ0) is 20.1. The standard InChI is InChI=1S/C23H28N4OS/c24-15-20-19-9-5-2-6-10-21(19)29-23(20)25-22(28)17-27-13-11-26(12-14-27)16-18-7-3-1-4-8-18/h1,3-4,7-8H,2,5-6,9-14,16-17H2,(H,25,28)/p+2. The molecule has 2 heterocycles. The normalized spacial score (nSPS) is 21.6. The second-order valence-electron chi connectivity index (χ2n) is 8.27. The number of nitrogens with zero attached hydrogens (tertiary/aromatic N) is 1. The Morgan fingerprint density at radius 3 is 2.52 bits per heavy atom. The number of quaternary nitrogens is 2. The smallest absolute Gasteiger partial charge is 0.280 e. The molecule has 1 aliphatic carbocycles. The van der Waals surface area contributed by atoms with Crippen LogP contribution in [0.4, 0.5) is 5.00 Å². The molecule has 6 heteroatoms. The Morgan fingerprint density at radius 2 is 1.76 bits per heavy atom. The number of thiophene rings is 1. The summed E-state index contributed by atoms with van der Waals surface area (Å²) in [7, 11) is 0. The third kappa shape index (κ3) is 5.05. The van der Waals surface area contributed by atoms with Crippen LogP contribution in [0.1, 0.15) is 40.8 Å². The van der Waals surface area contributed by atoms with E-state index in [-0.39, 0.29) is 5.91 Å². The zero-order valence-electron chi connectivity index (χ0n) is 16.9. The fraction of sp³-hybridized carbons (Fsp3) is 0.478. The first kappa shape index (κ1) is 20.1. The minimum atomic E-state index is 0.0411. The Morgan fingerprint density at radius 1 is 1.03 bits per heavy atom. The lowest BCUT2D eigenvalue weighted by molar-refractivity contribution is -1.02. The average molecular weight is 411 g/mol. The SMILES string of the molecule is N#Cc1c(NC(=O)C[NH+]2CC[NH+](Cc3ccccc3)CC2)sc2c1CCCCC2. The minimum absolute atomic E-state index is 0.0411. The Hall–Kier alpha value is -2.20. The van der Waals surface area contributed by atoms with Crippen molar-refractivity contribution in [2.75, 3.05) is 38.0 Å². The molecule has 1 saturated heterocycles. The quantitative estimate of drug-likeness (QED) is 0.639. The molecular weight excluding hydrogens is 380 g/mol. The van der Waals surface area contributed by atoms with Crippen molar-refractivity contribution >= 4 is 22.2 Å². The largest absolute Gasteiger partial charge is 0.322 e. The maximum atomic E-state index is 12.7. The van der Waals surface area contributed by atoms with Gasteiger partial charge in [0.2, 0.25) is 0 Å². The van der Waals surface area contributed by atoms with E-state index in [4.69, 9.17) is 0 Å². The van der Waals surface area contributed by atoms with Crippen molar-refractivity contribution in [2.45, 2.75) is 38.6 Å². The molecule has 152 valence electrons. The van der Waals surface area contributed by atoms with Crippen molar-refractivity contribution in [1.29, 1.82) is 5.26 Å². The van der Waals surface area contributed by atoms with Crippen LogP contribution in [0.15, 0.2) is 30.3 Å². The summed E-state index contributed by atoms with van der Waals surface area (Å²) >= 11 is 1.62. The third-order valence-electron chi connectivity index (χ3n) is 6.16. The van der Waals surface area contributed by atoms with Gasteiger partial charge in [-0.05, 0) is 31.2 Å². The first-order chi connectivity index (χ1) is 14.2. The molecule has 0 radical (unpaired) electrons. The van der Waals surface area contributed by atoms with Gasteiger partial charge in [0.05, 0.1) is 5.56 Å². The van der Waals surface area contributed by atoms with Crippen LogP contribution in [0.5, 0.6) is 0 Å². The van der Waals surface area contributed by atoms with Gasteiger partial charge >= 0.3 is 0 Å². The highest BCUT2D eigenvalue weighted by atomic mass is 32.1. The number of anilines is 1. The average Bonchev–Trinajstić information content (AvgIpc) is 2.89. The molecule has 0 unspecified atom stereocenters. The lowest BCUT2D eigenvalue weighted by atomic mass is 10.1. The molecule has 5 nitrogen and oxygen atoms in total. The van der Waals surface area contributed by atoms with E-state index < -0.39 is 0 Å². The van der Waals surface area contributed by atoms with Crippen molar-refractivity contribution < 1.29 is 14.6 Å². The van der Waals surface area contributed by atoms with Gasteiger partial charge in [-0.1, -0.05) is 36.8 Å². The summed E-state index contributed by atoms with van der Waals surface area (Å²) in [6, 6.07) is 13.0. The predicted octanol–water partition coefficient (Wildman–Crippen LogP) is 0.811. The first-order valence-electron chi connectivity index (χ1n) is 10.8. The highest BCUT2D eigenvalue weighted by Gasteiger charge is 2.26. The number of piperazine rings is 1. The van der Waals surface area contributed by atoms with Gasteiger partial charge in [0.25, 0.3) is 5.91 Å². The molecule has 2 aliphatic rings. The Bertz CT molecular complexity index is 878. The molecular formula is C23H30N4OS+2. The molecule has 2 aromatic rings. The summed E-state index contributed by atoms with van der Waals surface area (Å²) in [5.41, 5.74) is 3.29. The van der Waals surface area contributed by atoms with Crippen LogP contribution in [-0.4, -0.2) is 38.6 Å². The Labute approximate surface area is 176 Å². The molecule has 0 saturated carbocycles. The number of nitrogens with one attached hydrogen (secondary N) is 3. The molecule has 1 aromatic carbocycles. The van der Waals surface area contributed by atoms with E-state index in [9.17, 15) is 10.1 Å². The molecule has 0 spiro atoms. The van der Waals surface area contributed by atoms with Crippen LogP contribution in [0.25, 0.3) is 0 Å². The molecule has 29 heavy (non-hydrogen) atoms. The van der Waals surface area contributed by atoms with Crippen LogP contribution >= 0.6 is 11.3 Å². The van der Waals surface area contributed by atoms with Gasteiger partial charge in [-0.3, -0.25) is 4.79 Å². The van der Waals surface area contributed by atoms with E-state index in [1.165, 1.54) is 33.7 Å². The van der Waals surface area contributed by atoms with Crippen LogP contribution < -0.4 is 15.1 Å². The highest BCUT2D eigenvalue weighted by Crippen LogP contribution is 2.36. The molecule has 0 atom stereocenters. The van der Waals surface area contributed by atoms with Gasteiger partial charge in [0.15, 0.2) is 6.54 Å². The van der Waals surface area contributed by atoms with Crippen molar-refractivity contribution in [2.24, 2.45) is 0 Å². The first-order valence-corrected chi connectivity index (χ1v) is 11.6. The summed E-state index contributed by atoms with van der Waals surface area (Å²) in [6.07, 6.45) is 5.58. The summed E-state index contributed by atoms with van der Waals surface area (Å²) in [5.74, 6) is 0.0411. The summed E-state index contributed by atoms with van der Waals surface area (Å²) < 4.78 is 0. The number of amides is 1. The number of carbonyl (C=O) groups excluding carboxylic acids is 1. The molecule has 1 aromatic heterocycles. The second-order valence-corrected chi connectivity index (χ2v) is 9.37. The van der Waals surface area contributed by atoms with Gasteiger partial charge in [-0.15, -0.1) is 11.3 Å². The molecule has 4 rings (SSSR count). The minimum Gasteiger partial charge on any atom is -0.322 e. The number of rotatable bonds is 5. The van der Waals surface area contributed by atoms with E-state index >= 15 is 0 Å². The van der Waals surface area contributed by atoms with E-state index in [1.807, 2.05) is 0 Å². The number of hydrogen-bond donors (Lipinski definition) is 3. The molecule has 1 amide bonds.